The first-order chi connectivity index (χ1) is 10.5. The highest BCUT2D eigenvalue weighted by Gasteiger charge is 2.37. The second-order valence-corrected chi connectivity index (χ2v) is 7.78. The van der Waals surface area contributed by atoms with Gasteiger partial charge in [0.05, 0.1) is 17.6 Å². The molecular weight excluding hydrogens is 304 g/mol. The van der Waals surface area contributed by atoms with Crippen LogP contribution < -0.4 is 5.32 Å². The molecule has 2 atom stereocenters. The molecule has 2 aliphatic rings. The predicted molar refractivity (Wildman–Crippen MR) is 81.0 cm³/mol. The zero-order valence-corrected chi connectivity index (χ0v) is 13.3. The maximum atomic E-state index is 12.7. The normalized spacial score (nSPS) is 25.7. The molecule has 1 aromatic rings. The van der Waals surface area contributed by atoms with Gasteiger partial charge in [0.15, 0.2) is 0 Å². The first kappa shape index (κ1) is 15.5. The number of fused-ring (bicyclic) bond motifs is 1. The van der Waals surface area contributed by atoms with Gasteiger partial charge in [0.1, 0.15) is 0 Å². The third-order valence-corrected chi connectivity index (χ3v) is 6.46. The summed E-state index contributed by atoms with van der Waals surface area (Å²) >= 11 is 0. The van der Waals surface area contributed by atoms with Crippen molar-refractivity contribution < 1.29 is 17.9 Å². The highest BCUT2D eigenvalue weighted by Crippen LogP contribution is 2.30. The van der Waals surface area contributed by atoms with Gasteiger partial charge in [0.2, 0.25) is 10.0 Å². The van der Waals surface area contributed by atoms with Crippen LogP contribution in [-0.2, 0) is 14.8 Å². The molecule has 2 fully saturated rings. The lowest BCUT2D eigenvalue weighted by atomic mass is 9.90. The number of hydrogen-bond donors (Lipinski definition) is 1. The van der Waals surface area contributed by atoms with Crippen LogP contribution >= 0.6 is 0 Å². The lowest BCUT2D eigenvalue weighted by Gasteiger charge is -2.33. The second kappa shape index (κ2) is 5.98. The molecule has 0 aromatic heterocycles. The molecule has 0 saturated carbocycles. The molecule has 120 valence electrons. The van der Waals surface area contributed by atoms with Crippen molar-refractivity contribution in [3.05, 3.63) is 29.8 Å². The number of rotatable bonds is 3. The van der Waals surface area contributed by atoms with Crippen molar-refractivity contribution in [3.63, 3.8) is 0 Å². The van der Waals surface area contributed by atoms with Crippen LogP contribution in [0.5, 0.6) is 0 Å². The summed E-state index contributed by atoms with van der Waals surface area (Å²) in [7, 11) is -2.20. The Hall–Kier alpha value is -1.44. The first-order valence-corrected chi connectivity index (χ1v) is 8.85. The van der Waals surface area contributed by atoms with E-state index >= 15 is 0 Å². The van der Waals surface area contributed by atoms with Crippen molar-refractivity contribution in [2.75, 3.05) is 33.3 Å². The Kier molecular flexibility index (Phi) is 4.20. The summed E-state index contributed by atoms with van der Waals surface area (Å²) < 4.78 is 31.6. The van der Waals surface area contributed by atoms with E-state index in [1.54, 1.807) is 4.31 Å². The number of methoxy groups -OCH3 is 1. The van der Waals surface area contributed by atoms with Crippen molar-refractivity contribution in [3.8, 4) is 0 Å². The molecule has 3 rings (SSSR count). The number of nitrogens with zero attached hydrogens (tertiary/aromatic N) is 1. The Balaban J connectivity index is 1.79. The molecule has 6 nitrogen and oxygen atoms in total. The van der Waals surface area contributed by atoms with Gasteiger partial charge in [0, 0.05) is 13.1 Å². The molecule has 0 amide bonds. The molecule has 2 heterocycles. The average Bonchev–Trinajstić information content (AvgIpc) is 3.01. The van der Waals surface area contributed by atoms with E-state index in [4.69, 9.17) is 0 Å². The van der Waals surface area contributed by atoms with Crippen LogP contribution in [0.1, 0.15) is 16.8 Å². The lowest BCUT2D eigenvalue weighted by molar-refractivity contribution is 0.0600. The number of piperidine rings is 1. The van der Waals surface area contributed by atoms with Gasteiger partial charge in [-0.1, -0.05) is 0 Å². The van der Waals surface area contributed by atoms with Gasteiger partial charge in [-0.3, -0.25) is 0 Å². The van der Waals surface area contributed by atoms with Gasteiger partial charge in [-0.2, -0.15) is 4.31 Å². The molecule has 2 unspecified atom stereocenters. The standard InChI is InChI=1S/C15H20N2O4S/c1-21-15(18)11-2-4-14(5-3-11)22(19,20)17-7-6-12-8-16-9-13(12)10-17/h2-5,12-13,16H,6-10H2,1H3. The fraction of sp³-hybridized carbons (Fsp3) is 0.533. The number of ether oxygens (including phenoxy) is 1. The van der Waals surface area contributed by atoms with Crippen molar-refractivity contribution in [1.29, 1.82) is 0 Å². The van der Waals surface area contributed by atoms with Gasteiger partial charge >= 0.3 is 5.97 Å². The molecule has 2 aliphatic heterocycles. The van der Waals surface area contributed by atoms with E-state index in [0.717, 1.165) is 19.5 Å². The lowest BCUT2D eigenvalue weighted by Crippen LogP contribution is -2.43. The predicted octanol–water partition coefficient (Wildman–Crippen LogP) is 0.703. The van der Waals surface area contributed by atoms with Crippen molar-refractivity contribution in [2.24, 2.45) is 11.8 Å². The van der Waals surface area contributed by atoms with E-state index in [-0.39, 0.29) is 4.90 Å². The molecule has 0 bridgehead atoms. The van der Waals surface area contributed by atoms with Gasteiger partial charge < -0.3 is 10.1 Å². The number of carbonyl (C=O) groups is 1. The Bertz CT molecular complexity index is 657. The molecule has 0 aliphatic carbocycles. The third-order valence-electron chi connectivity index (χ3n) is 4.58. The molecule has 7 heteroatoms. The van der Waals surface area contributed by atoms with E-state index in [1.807, 2.05) is 0 Å². The molecular formula is C15H20N2O4S. The van der Waals surface area contributed by atoms with Gasteiger partial charge in [0.25, 0.3) is 0 Å². The summed E-state index contributed by atoms with van der Waals surface area (Å²) in [5.41, 5.74) is 0.347. The van der Waals surface area contributed by atoms with Crippen LogP contribution in [0.3, 0.4) is 0 Å². The van der Waals surface area contributed by atoms with E-state index < -0.39 is 16.0 Å². The van der Waals surface area contributed by atoms with Gasteiger partial charge in [-0.15, -0.1) is 0 Å². The van der Waals surface area contributed by atoms with E-state index in [9.17, 15) is 13.2 Å². The van der Waals surface area contributed by atoms with Crippen LogP contribution in [0.15, 0.2) is 29.2 Å². The quantitative estimate of drug-likeness (QED) is 0.829. The maximum absolute atomic E-state index is 12.7. The minimum absolute atomic E-state index is 0.226. The first-order valence-electron chi connectivity index (χ1n) is 7.41. The van der Waals surface area contributed by atoms with Crippen LogP contribution in [0.4, 0.5) is 0 Å². The van der Waals surface area contributed by atoms with E-state index in [0.29, 0.717) is 30.5 Å². The average molecular weight is 324 g/mol. The summed E-state index contributed by atoms with van der Waals surface area (Å²) in [4.78, 5) is 11.6. The van der Waals surface area contributed by atoms with E-state index in [2.05, 4.69) is 10.1 Å². The maximum Gasteiger partial charge on any atom is 0.337 e. The minimum Gasteiger partial charge on any atom is -0.465 e. The highest BCUT2D eigenvalue weighted by atomic mass is 32.2. The highest BCUT2D eigenvalue weighted by molar-refractivity contribution is 7.89. The van der Waals surface area contributed by atoms with Crippen molar-refractivity contribution >= 4 is 16.0 Å². The van der Waals surface area contributed by atoms with E-state index in [1.165, 1.54) is 31.4 Å². The molecule has 1 aromatic carbocycles. The Labute approximate surface area is 130 Å². The van der Waals surface area contributed by atoms with Gasteiger partial charge in [-0.25, -0.2) is 13.2 Å². The monoisotopic (exact) mass is 324 g/mol. The summed E-state index contributed by atoms with van der Waals surface area (Å²) in [5, 5.41) is 3.33. The van der Waals surface area contributed by atoms with Crippen molar-refractivity contribution in [2.45, 2.75) is 11.3 Å². The minimum atomic E-state index is -3.50. The second-order valence-electron chi connectivity index (χ2n) is 5.85. The largest absolute Gasteiger partial charge is 0.465 e. The van der Waals surface area contributed by atoms with Crippen LogP contribution in [0.25, 0.3) is 0 Å². The zero-order valence-electron chi connectivity index (χ0n) is 12.5. The third kappa shape index (κ3) is 2.76. The fourth-order valence-corrected chi connectivity index (χ4v) is 4.76. The summed E-state index contributed by atoms with van der Waals surface area (Å²) in [6, 6.07) is 5.92. The number of benzene rings is 1. The van der Waals surface area contributed by atoms with Crippen LogP contribution in [0.2, 0.25) is 0 Å². The fourth-order valence-electron chi connectivity index (χ4n) is 3.25. The summed E-state index contributed by atoms with van der Waals surface area (Å²) in [5.74, 6) is 0.521. The Morgan fingerprint density at radius 3 is 2.59 bits per heavy atom. The topological polar surface area (TPSA) is 75.7 Å². The number of carbonyl (C=O) groups excluding carboxylic acids is 1. The number of esters is 1. The zero-order chi connectivity index (χ0) is 15.7. The Morgan fingerprint density at radius 2 is 1.91 bits per heavy atom. The van der Waals surface area contributed by atoms with Gasteiger partial charge in [-0.05, 0) is 55.6 Å². The smallest absolute Gasteiger partial charge is 0.337 e. The molecule has 2 saturated heterocycles. The molecule has 0 spiro atoms. The molecule has 0 radical (unpaired) electrons. The number of nitrogens with one attached hydrogen (secondary N) is 1. The SMILES string of the molecule is COC(=O)c1ccc(S(=O)(=O)N2CCC3CNCC3C2)cc1. The summed E-state index contributed by atoms with van der Waals surface area (Å²) in [6.07, 6.45) is 0.900. The molecule has 22 heavy (non-hydrogen) atoms. The Morgan fingerprint density at radius 1 is 1.23 bits per heavy atom. The number of sulfonamides is 1. The summed E-state index contributed by atoms with van der Waals surface area (Å²) in [6.45, 7) is 3.01. The number of hydrogen-bond acceptors (Lipinski definition) is 5. The van der Waals surface area contributed by atoms with Crippen LogP contribution in [0, 0.1) is 11.8 Å². The van der Waals surface area contributed by atoms with Crippen molar-refractivity contribution in [1.82, 2.24) is 9.62 Å². The molecule has 1 N–H and O–H groups in total. The van der Waals surface area contributed by atoms with Crippen LogP contribution in [-0.4, -0.2) is 52.0 Å².